The van der Waals surface area contributed by atoms with Crippen molar-refractivity contribution in [2.24, 2.45) is 0 Å². The number of carbonyl (C=O) groups is 1. The molecule has 3 heterocycles. The fourth-order valence-electron chi connectivity index (χ4n) is 3.98. The molecule has 1 saturated heterocycles. The minimum Gasteiger partial charge on any atom is -0.357 e. The van der Waals surface area contributed by atoms with Crippen LogP contribution < -0.4 is 5.32 Å². The Hall–Kier alpha value is -2.76. The molecule has 30 heavy (non-hydrogen) atoms. The Morgan fingerprint density at radius 2 is 2.03 bits per heavy atom. The number of amides is 1. The van der Waals surface area contributed by atoms with Crippen molar-refractivity contribution in [3.05, 3.63) is 82.3 Å². The van der Waals surface area contributed by atoms with Gasteiger partial charge in [-0.05, 0) is 37.6 Å². The number of carbonyl (C=O) groups excluding carboxylic acids is 1. The van der Waals surface area contributed by atoms with Crippen LogP contribution in [0, 0.1) is 6.92 Å². The van der Waals surface area contributed by atoms with Crippen LogP contribution in [0.1, 0.15) is 39.8 Å². The monoisotopic (exact) mass is 422 g/mol. The summed E-state index contributed by atoms with van der Waals surface area (Å²) < 4.78 is 0. The van der Waals surface area contributed by atoms with E-state index in [-0.39, 0.29) is 5.91 Å². The van der Waals surface area contributed by atoms with Crippen LogP contribution in [0.2, 0.25) is 5.02 Å². The van der Waals surface area contributed by atoms with Crippen molar-refractivity contribution in [3.63, 3.8) is 0 Å². The van der Waals surface area contributed by atoms with Crippen molar-refractivity contribution in [1.29, 1.82) is 0 Å². The molecule has 0 aliphatic carbocycles. The maximum absolute atomic E-state index is 12.9. The molecule has 0 saturated carbocycles. The average molecular weight is 423 g/mol. The summed E-state index contributed by atoms with van der Waals surface area (Å²) in [6.07, 6.45) is 6.24. The van der Waals surface area contributed by atoms with Crippen molar-refractivity contribution in [1.82, 2.24) is 20.1 Å². The standard InChI is InChI=1S/C24H27ClN4O/c1-4-5-10-29-15-21(20-13-16(2)27-23(20)17(29)3)18-6-7-19(22(25)14-18)24(30)28-11-8-26-9-12-28/h4-7,13-15,26-27H,3,8-12H2,1-2H3/b5-4+. The summed E-state index contributed by atoms with van der Waals surface area (Å²) in [5.74, 6) is -0.00746. The molecule has 1 amide bonds. The summed E-state index contributed by atoms with van der Waals surface area (Å²) in [4.78, 5) is 20.3. The molecule has 2 aromatic rings. The van der Waals surface area contributed by atoms with E-state index >= 15 is 0 Å². The highest BCUT2D eigenvalue weighted by molar-refractivity contribution is 6.34. The molecule has 1 aromatic carbocycles. The predicted molar refractivity (Wildman–Crippen MR) is 123 cm³/mol. The number of hydrogen-bond donors (Lipinski definition) is 2. The first-order chi connectivity index (χ1) is 14.5. The van der Waals surface area contributed by atoms with E-state index in [9.17, 15) is 4.79 Å². The van der Waals surface area contributed by atoms with Crippen LogP contribution in [0.4, 0.5) is 0 Å². The zero-order valence-electron chi connectivity index (χ0n) is 17.5. The lowest BCUT2D eigenvalue weighted by molar-refractivity contribution is 0.0736. The highest BCUT2D eigenvalue weighted by Crippen LogP contribution is 2.38. The van der Waals surface area contributed by atoms with Gasteiger partial charge in [-0.2, -0.15) is 0 Å². The van der Waals surface area contributed by atoms with Crippen LogP contribution in [0.5, 0.6) is 0 Å². The Kier molecular flexibility index (Phi) is 5.84. The minimum absolute atomic E-state index is 0.00746. The lowest BCUT2D eigenvalue weighted by Gasteiger charge is -2.29. The first-order valence-corrected chi connectivity index (χ1v) is 10.7. The van der Waals surface area contributed by atoms with Gasteiger partial charge in [-0.1, -0.05) is 36.4 Å². The van der Waals surface area contributed by atoms with Gasteiger partial charge in [0, 0.05) is 55.8 Å². The lowest BCUT2D eigenvalue weighted by atomic mass is 9.94. The average Bonchev–Trinajstić information content (AvgIpc) is 3.15. The summed E-state index contributed by atoms with van der Waals surface area (Å²) in [5.41, 5.74) is 6.75. The summed E-state index contributed by atoms with van der Waals surface area (Å²) in [6.45, 7) is 12.1. The molecule has 2 aliphatic heterocycles. The Labute approximate surface area is 182 Å². The number of nitrogens with one attached hydrogen (secondary N) is 2. The van der Waals surface area contributed by atoms with E-state index in [1.807, 2.05) is 43.0 Å². The third-order valence-electron chi connectivity index (χ3n) is 5.62. The van der Waals surface area contributed by atoms with Crippen molar-refractivity contribution >= 4 is 28.8 Å². The number of nitrogens with zero attached hydrogens (tertiary/aromatic N) is 2. The zero-order chi connectivity index (χ0) is 21.3. The highest BCUT2D eigenvalue weighted by atomic mass is 35.5. The maximum Gasteiger partial charge on any atom is 0.255 e. The van der Waals surface area contributed by atoms with Crippen LogP contribution in [0.25, 0.3) is 11.3 Å². The van der Waals surface area contributed by atoms with Crippen LogP contribution in [0.3, 0.4) is 0 Å². The SMILES string of the molecule is C=C1c2[nH]c(C)cc2C(c2ccc(C(=O)N3CCNCC3)c(Cl)c2)=CN1C/C=C/C. The molecule has 1 aromatic heterocycles. The largest absolute Gasteiger partial charge is 0.357 e. The maximum atomic E-state index is 12.9. The Bertz CT molecular complexity index is 1040. The van der Waals surface area contributed by atoms with Gasteiger partial charge >= 0.3 is 0 Å². The van der Waals surface area contributed by atoms with E-state index in [2.05, 4.69) is 40.1 Å². The number of halogens is 1. The van der Waals surface area contributed by atoms with Crippen LogP contribution in [-0.4, -0.2) is 53.4 Å². The summed E-state index contributed by atoms with van der Waals surface area (Å²) in [6, 6.07) is 7.87. The number of aromatic amines is 1. The van der Waals surface area contributed by atoms with Crippen molar-refractivity contribution < 1.29 is 4.79 Å². The molecule has 0 spiro atoms. The number of aromatic nitrogens is 1. The molecule has 6 heteroatoms. The van der Waals surface area contributed by atoms with Gasteiger partial charge in [-0.15, -0.1) is 0 Å². The topological polar surface area (TPSA) is 51.4 Å². The Morgan fingerprint density at radius 3 is 2.73 bits per heavy atom. The first kappa shape index (κ1) is 20.5. The van der Waals surface area contributed by atoms with E-state index in [1.54, 1.807) is 0 Å². The highest BCUT2D eigenvalue weighted by Gasteiger charge is 2.25. The van der Waals surface area contributed by atoms with Gasteiger partial charge in [0.15, 0.2) is 0 Å². The second-order valence-electron chi connectivity index (χ2n) is 7.69. The van der Waals surface area contributed by atoms with Crippen molar-refractivity contribution in [2.75, 3.05) is 32.7 Å². The van der Waals surface area contributed by atoms with Crippen molar-refractivity contribution in [3.8, 4) is 0 Å². The molecule has 1 fully saturated rings. The summed E-state index contributed by atoms with van der Waals surface area (Å²) >= 11 is 6.60. The predicted octanol–water partition coefficient (Wildman–Crippen LogP) is 4.27. The van der Waals surface area contributed by atoms with Crippen molar-refractivity contribution in [2.45, 2.75) is 13.8 Å². The van der Waals surface area contributed by atoms with E-state index in [4.69, 9.17) is 11.6 Å². The van der Waals surface area contributed by atoms with E-state index in [0.717, 1.165) is 53.4 Å². The van der Waals surface area contributed by atoms with Gasteiger partial charge in [0.05, 0.1) is 22.0 Å². The second-order valence-corrected chi connectivity index (χ2v) is 8.10. The van der Waals surface area contributed by atoms with Gasteiger partial charge in [0.2, 0.25) is 0 Å². The number of hydrogen-bond acceptors (Lipinski definition) is 3. The lowest BCUT2D eigenvalue weighted by Crippen LogP contribution is -2.46. The van der Waals surface area contributed by atoms with E-state index < -0.39 is 0 Å². The fourth-order valence-corrected chi connectivity index (χ4v) is 4.24. The summed E-state index contributed by atoms with van der Waals surface area (Å²) in [5, 5.41) is 3.75. The number of allylic oxidation sites excluding steroid dienone is 1. The molecule has 0 atom stereocenters. The number of H-pyrrole nitrogens is 1. The van der Waals surface area contributed by atoms with Gasteiger partial charge in [0.1, 0.15) is 0 Å². The summed E-state index contributed by atoms with van der Waals surface area (Å²) in [7, 11) is 0. The van der Waals surface area contributed by atoms with Crippen LogP contribution >= 0.6 is 11.6 Å². The van der Waals surface area contributed by atoms with E-state index in [0.29, 0.717) is 23.7 Å². The number of rotatable bonds is 4. The Balaban J connectivity index is 1.70. The molecule has 156 valence electrons. The van der Waals surface area contributed by atoms with Crippen LogP contribution in [-0.2, 0) is 0 Å². The molecular formula is C24H27ClN4O. The van der Waals surface area contributed by atoms with E-state index in [1.165, 1.54) is 0 Å². The van der Waals surface area contributed by atoms with Gasteiger partial charge in [0.25, 0.3) is 5.91 Å². The molecule has 4 rings (SSSR count). The fraction of sp³-hybridized carbons (Fsp3) is 0.292. The molecule has 2 aliphatic rings. The molecule has 0 bridgehead atoms. The molecule has 0 unspecified atom stereocenters. The molecule has 0 radical (unpaired) electrons. The molecule has 2 N–H and O–H groups in total. The van der Waals surface area contributed by atoms with Gasteiger partial charge in [-0.25, -0.2) is 0 Å². The Morgan fingerprint density at radius 1 is 1.27 bits per heavy atom. The smallest absolute Gasteiger partial charge is 0.255 e. The number of fused-ring (bicyclic) bond motifs is 1. The third kappa shape index (κ3) is 3.83. The third-order valence-corrected chi connectivity index (χ3v) is 5.93. The molecule has 5 nitrogen and oxygen atoms in total. The second kappa shape index (κ2) is 8.54. The quantitative estimate of drug-likeness (QED) is 0.723. The molecular weight excluding hydrogens is 396 g/mol. The minimum atomic E-state index is -0.00746. The number of piperazine rings is 1. The number of benzene rings is 1. The van der Waals surface area contributed by atoms with Gasteiger partial charge < -0.3 is 20.1 Å². The van der Waals surface area contributed by atoms with Gasteiger partial charge in [-0.3, -0.25) is 4.79 Å². The normalized spacial score (nSPS) is 16.8. The number of aryl methyl sites for hydroxylation is 1. The van der Waals surface area contributed by atoms with Crippen LogP contribution in [0.15, 0.2) is 49.2 Å². The zero-order valence-corrected chi connectivity index (χ0v) is 18.2. The first-order valence-electron chi connectivity index (χ1n) is 10.3.